The number of amides is 1. The summed E-state index contributed by atoms with van der Waals surface area (Å²) in [6.45, 7) is 5.64. The lowest BCUT2D eigenvalue weighted by Crippen LogP contribution is -2.31. The van der Waals surface area contributed by atoms with Crippen molar-refractivity contribution in [3.05, 3.63) is 42.7 Å². The number of halogens is 1. The van der Waals surface area contributed by atoms with E-state index in [-0.39, 0.29) is 17.3 Å². The van der Waals surface area contributed by atoms with Gasteiger partial charge in [-0.3, -0.25) is 4.79 Å². The van der Waals surface area contributed by atoms with Gasteiger partial charge in [0.25, 0.3) is 0 Å². The van der Waals surface area contributed by atoms with Crippen molar-refractivity contribution in [1.29, 1.82) is 0 Å². The highest BCUT2D eigenvalue weighted by Gasteiger charge is 2.20. The van der Waals surface area contributed by atoms with E-state index in [9.17, 15) is 9.18 Å². The van der Waals surface area contributed by atoms with Gasteiger partial charge in [0.05, 0.1) is 10.8 Å². The zero-order valence-corrected chi connectivity index (χ0v) is 12.8. The average Bonchev–Trinajstić information content (AvgIpc) is 2.86. The minimum atomic E-state index is -0.435. The van der Waals surface area contributed by atoms with Gasteiger partial charge in [0, 0.05) is 6.54 Å². The Hall–Kier alpha value is -2.35. The van der Waals surface area contributed by atoms with Crippen molar-refractivity contribution < 1.29 is 9.18 Å². The molecule has 0 radical (unpaired) electrons. The van der Waals surface area contributed by atoms with Crippen LogP contribution in [0.3, 0.4) is 0 Å². The van der Waals surface area contributed by atoms with Gasteiger partial charge in [-0.1, -0.05) is 30.0 Å². The number of nitrogens with one attached hydrogen (secondary N) is 1. The summed E-state index contributed by atoms with van der Waals surface area (Å²) in [5.74, 6) is 5.52. The van der Waals surface area contributed by atoms with Crippen LogP contribution in [0.2, 0.25) is 0 Å². The van der Waals surface area contributed by atoms with Gasteiger partial charge >= 0.3 is 0 Å². The standard InChI is InChI=1S/C14H16FN5OS/c1-3-8-17-13(21)9(2)22-14-19-18-12(20(14)16)10-6-4-5-7-11(10)15/h3-7,9H,1,8,16H2,2H3,(H,17,21)/t9-/m0/s1. The van der Waals surface area contributed by atoms with E-state index >= 15 is 0 Å². The predicted molar refractivity (Wildman–Crippen MR) is 84.1 cm³/mol. The fourth-order valence-corrected chi connectivity index (χ4v) is 2.51. The van der Waals surface area contributed by atoms with Gasteiger partial charge in [-0.15, -0.1) is 16.8 Å². The molecule has 2 rings (SSSR count). The van der Waals surface area contributed by atoms with Crippen LogP contribution in [-0.4, -0.2) is 32.6 Å². The minimum Gasteiger partial charge on any atom is -0.352 e. The third-order valence-electron chi connectivity index (χ3n) is 2.85. The first-order valence-corrected chi connectivity index (χ1v) is 7.43. The Labute approximate surface area is 131 Å². The number of nitrogen functional groups attached to an aromatic ring is 1. The number of thioether (sulfide) groups is 1. The zero-order valence-electron chi connectivity index (χ0n) is 12.0. The van der Waals surface area contributed by atoms with Gasteiger partial charge in [0.1, 0.15) is 5.82 Å². The van der Waals surface area contributed by atoms with E-state index in [1.54, 1.807) is 31.2 Å². The zero-order chi connectivity index (χ0) is 16.1. The number of nitrogens with zero attached hydrogens (tertiary/aromatic N) is 3. The first kappa shape index (κ1) is 16.0. The van der Waals surface area contributed by atoms with Crippen molar-refractivity contribution in [1.82, 2.24) is 20.2 Å². The maximum absolute atomic E-state index is 13.8. The fraction of sp³-hybridized carbons (Fsp3) is 0.214. The highest BCUT2D eigenvalue weighted by molar-refractivity contribution is 8.00. The lowest BCUT2D eigenvalue weighted by Gasteiger charge is -2.10. The number of hydrogen-bond acceptors (Lipinski definition) is 5. The van der Waals surface area contributed by atoms with Crippen LogP contribution < -0.4 is 11.2 Å². The maximum atomic E-state index is 13.8. The Kier molecular flexibility index (Phi) is 5.16. The summed E-state index contributed by atoms with van der Waals surface area (Å²) in [5.41, 5.74) is 0.258. The molecule has 0 unspecified atom stereocenters. The maximum Gasteiger partial charge on any atom is 0.233 e. The second-order valence-electron chi connectivity index (χ2n) is 4.45. The molecule has 0 aliphatic heterocycles. The molecule has 0 aliphatic carbocycles. The normalized spacial score (nSPS) is 11.9. The molecule has 116 valence electrons. The quantitative estimate of drug-likeness (QED) is 0.479. The van der Waals surface area contributed by atoms with Gasteiger partial charge in [0.2, 0.25) is 11.1 Å². The molecular weight excluding hydrogens is 305 g/mol. The molecule has 1 aromatic carbocycles. The number of rotatable bonds is 6. The van der Waals surface area contributed by atoms with E-state index in [1.165, 1.54) is 10.7 Å². The van der Waals surface area contributed by atoms with Crippen molar-refractivity contribution in [2.75, 3.05) is 12.4 Å². The second-order valence-corrected chi connectivity index (χ2v) is 5.76. The van der Waals surface area contributed by atoms with Gasteiger partial charge in [-0.25, -0.2) is 9.07 Å². The Morgan fingerprint density at radius 3 is 2.95 bits per heavy atom. The van der Waals surface area contributed by atoms with Crippen LogP contribution in [0, 0.1) is 5.82 Å². The molecule has 6 nitrogen and oxygen atoms in total. The van der Waals surface area contributed by atoms with E-state index in [0.717, 1.165) is 11.8 Å². The Bertz CT molecular complexity index is 688. The van der Waals surface area contributed by atoms with Crippen LogP contribution in [0.1, 0.15) is 6.92 Å². The smallest absolute Gasteiger partial charge is 0.233 e. The Morgan fingerprint density at radius 2 is 2.27 bits per heavy atom. The van der Waals surface area contributed by atoms with Crippen LogP contribution in [0.15, 0.2) is 42.1 Å². The first-order chi connectivity index (χ1) is 10.5. The third kappa shape index (κ3) is 3.45. The van der Waals surface area contributed by atoms with Crippen LogP contribution in [0.25, 0.3) is 11.4 Å². The number of benzene rings is 1. The summed E-state index contributed by atoms with van der Waals surface area (Å²) in [5, 5.41) is 10.4. The van der Waals surface area contributed by atoms with Crippen LogP contribution in [0.4, 0.5) is 4.39 Å². The number of aromatic nitrogens is 3. The van der Waals surface area contributed by atoms with Gasteiger partial charge in [-0.05, 0) is 19.1 Å². The lowest BCUT2D eigenvalue weighted by atomic mass is 10.2. The number of carbonyl (C=O) groups is 1. The molecule has 22 heavy (non-hydrogen) atoms. The van der Waals surface area contributed by atoms with Crippen molar-refractivity contribution in [3.8, 4) is 11.4 Å². The van der Waals surface area contributed by atoms with E-state index in [2.05, 4.69) is 22.1 Å². The third-order valence-corrected chi connectivity index (χ3v) is 3.91. The van der Waals surface area contributed by atoms with E-state index in [0.29, 0.717) is 11.7 Å². The highest BCUT2D eigenvalue weighted by atomic mass is 32.2. The second kappa shape index (κ2) is 7.08. The number of nitrogens with two attached hydrogens (primary N) is 1. The first-order valence-electron chi connectivity index (χ1n) is 6.55. The van der Waals surface area contributed by atoms with Crippen molar-refractivity contribution in [2.45, 2.75) is 17.3 Å². The Balaban J connectivity index is 2.16. The average molecular weight is 321 g/mol. The molecule has 0 fully saturated rings. The molecule has 1 amide bonds. The molecule has 3 N–H and O–H groups in total. The molecule has 1 aromatic heterocycles. The molecule has 2 aromatic rings. The van der Waals surface area contributed by atoms with Crippen LogP contribution >= 0.6 is 11.8 Å². The molecule has 0 saturated heterocycles. The van der Waals surface area contributed by atoms with Gasteiger partial charge in [0.15, 0.2) is 5.82 Å². The topological polar surface area (TPSA) is 85.8 Å². The van der Waals surface area contributed by atoms with Gasteiger partial charge in [-0.2, -0.15) is 0 Å². The van der Waals surface area contributed by atoms with Gasteiger partial charge < -0.3 is 11.2 Å². The molecular formula is C14H16FN5OS. The molecule has 1 heterocycles. The SMILES string of the molecule is C=CCNC(=O)[C@H](C)Sc1nnc(-c2ccccc2F)n1N. The molecule has 1 atom stereocenters. The summed E-state index contributed by atoms with van der Waals surface area (Å²) < 4.78 is 15.0. The van der Waals surface area contributed by atoms with Crippen molar-refractivity contribution >= 4 is 17.7 Å². The largest absolute Gasteiger partial charge is 0.352 e. The molecule has 8 heteroatoms. The highest BCUT2D eigenvalue weighted by Crippen LogP contribution is 2.25. The molecule has 0 aliphatic rings. The molecule has 0 saturated carbocycles. The summed E-state index contributed by atoms with van der Waals surface area (Å²) in [4.78, 5) is 11.8. The van der Waals surface area contributed by atoms with Crippen molar-refractivity contribution in [2.24, 2.45) is 0 Å². The lowest BCUT2D eigenvalue weighted by molar-refractivity contribution is -0.120. The Morgan fingerprint density at radius 1 is 1.55 bits per heavy atom. The molecule has 0 bridgehead atoms. The number of carbonyl (C=O) groups excluding carboxylic acids is 1. The summed E-state index contributed by atoms with van der Waals surface area (Å²) >= 11 is 1.15. The fourth-order valence-electron chi connectivity index (χ4n) is 1.71. The van der Waals surface area contributed by atoms with E-state index < -0.39 is 11.1 Å². The monoisotopic (exact) mass is 321 g/mol. The summed E-state index contributed by atoms with van der Waals surface area (Å²) in [7, 11) is 0. The van der Waals surface area contributed by atoms with E-state index in [4.69, 9.17) is 5.84 Å². The molecule has 0 spiro atoms. The number of hydrogen-bond donors (Lipinski definition) is 2. The summed E-state index contributed by atoms with van der Waals surface area (Å²) in [6.07, 6.45) is 1.59. The predicted octanol–water partition coefficient (Wildman–Crippen LogP) is 1.58. The minimum absolute atomic E-state index is 0.166. The summed E-state index contributed by atoms with van der Waals surface area (Å²) in [6, 6.07) is 6.16. The van der Waals surface area contributed by atoms with Crippen LogP contribution in [-0.2, 0) is 4.79 Å². The van der Waals surface area contributed by atoms with Crippen LogP contribution in [0.5, 0.6) is 0 Å². The van der Waals surface area contributed by atoms with Crippen molar-refractivity contribution in [3.63, 3.8) is 0 Å². The van der Waals surface area contributed by atoms with E-state index in [1.807, 2.05) is 0 Å².